The number of carbonyl (C=O) groups excluding carboxylic acids is 3. The van der Waals surface area contributed by atoms with E-state index in [9.17, 15) is 14.4 Å². The van der Waals surface area contributed by atoms with Crippen molar-refractivity contribution in [3.63, 3.8) is 0 Å². The minimum Gasteiger partial charge on any atom is -0.444 e. The lowest BCUT2D eigenvalue weighted by atomic mass is 10.0. The van der Waals surface area contributed by atoms with E-state index in [1.54, 1.807) is 35.1 Å². The number of amides is 3. The van der Waals surface area contributed by atoms with E-state index >= 15 is 0 Å². The Bertz CT molecular complexity index is 1560. The molecular formula is C33H34N6O6S3. The highest BCUT2D eigenvalue weighted by Crippen LogP contribution is 2.14. The lowest BCUT2D eigenvalue weighted by Gasteiger charge is -2.31. The summed E-state index contributed by atoms with van der Waals surface area (Å²) < 4.78 is 16.6. The standard InChI is InChI=1S/C33H34N6O6S3/c40-31(43-18-28-13-34-21-46-28)37-26(11-24-7-3-1-4-8-24)16-39(33(42)45-20-30-15-36-23-48-30)17-27(12-25-9-5-2-6-10-25)38-32(41)44-19-29-14-35-22-47-29/h1-10,13-15,21-23,26-27H,11-12,16-20H2,(H,37,40)(H,38,41)/t26-,27-/m1/s1. The van der Waals surface area contributed by atoms with Crippen molar-refractivity contribution in [3.8, 4) is 0 Å². The van der Waals surface area contributed by atoms with Crippen LogP contribution in [0.5, 0.6) is 0 Å². The molecule has 0 aliphatic rings. The SMILES string of the molecule is O=C(N[C@H](Cc1ccccc1)CN(C[C@@H](Cc1ccccc1)NC(=O)OCc1cncs1)C(=O)OCc1cncs1)OCc1cncs1. The molecule has 0 bridgehead atoms. The second-order valence-electron chi connectivity index (χ2n) is 10.6. The Balaban J connectivity index is 1.34. The minimum absolute atomic E-state index is 0.0291. The van der Waals surface area contributed by atoms with Gasteiger partial charge in [-0.25, -0.2) is 14.4 Å². The van der Waals surface area contributed by atoms with E-state index in [1.807, 2.05) is 60.7 Å². The molecule has 3 heterocycles. The normalized spacial score (nSPS) is 12.0. The van der Waals surface area contributed by atoms with Crippen molar-refractivity contribution in [1.82, 2.24) is 30.5 Å². The van der Waals surface area contributed by atoms with Gasteiger partial charge >= 0.3 is 18.3 Å². The van der Waals surface area contributed by atoms with Gasteiger partial charge < -0.3 is 29.7 Å². The molecule has 15 heteroatoms. The number of carbonyl (C=O) groups is 3. The van der Waals surface area contributed by atoms with Crippen LogP contribution < -0.4 is 10.6 Å². The fraction of sp³-hybridized carbons (Fsp3) is 0.273. The van der Waals surface area contributed by atoms with Gasteiger partial charge in [-0.3, -0.25) is 15.0 Å². The molecule has 0 aliphatic heterocycles. The molecule has 2 N–H and O–H groups in total. The molecule has 250 valence electrons. The molecular weight excluding hydrogens is 673 g/mol. The molecule has 2 atom stereocenters. The summed E-state index contributed by atoms with van der Waals surface area (Å²) in [5, 5.41) is 5.86. The molecule has 0 unspecified atom stereocenters. The number of benzene rings is 2. The molecule has 3 amide bonds. The van der Waals surface area contributed by atoms with E-state index in [2.05, 4.69) is 25.6 Å². The number of nitrogens with one attached hydrogen (secondary N) is 2. The first kappa shape index (κ1) is 34.5. The summed E-state index contributed by atoms with van der Waals surface area (Å²) in [4.78, 5) is 55.7. The van der Waals surface area contributed by atoms with E-state index in [-0.39, 0.29) is 32.9 Å². The summed E-state index contributed by atoms with van der Waals surface area (Å²) in [6.07, 6.45) is 3.86. The fourth-order valence-electron chi connectivity index (χ4n) is 4.73. The highest BCUT2D eigenvalue weighted by Gasteiger charge is 2.27. The first-order valence-corrected chi connectivity index (χ1v) is 17.6. The van der Waals surface area contributed by atoms with Crippen molar-refractivity contribution < 1.29 is 28.6 Å². The summed E-state index contributed by atoms with van der Waals surface area (Å²) in [6.45, 7) is 0.301. The topological polar surface area (TPSA) is 145 Å². The summed E-state index contributed by atoms with van der Waals surface area (Å²) in [5.74, 6) is 0. The van der Waals surface area contributed by atoms with Gasteiger partial charge in [-0.1, -0.05) is 60.7 Å². The van der Waals surface area contributed by atoms with Crippen molar-refractivity contribution in [2.75, 3.05) is 13.1 Å². The van der Waals surface area contributed by atoms with Crippen molar-refractivity contribution >= 4 is 52.3 Å². The highest BCUT2D eigenvalue weighted by molar-refractivity contribution is 7.10. The Hall–Kier alpha value is -4.86. The average Bonchev–Trinajstić information content (AvgIpc) is 3.91. The Labute approximate surface area is 289 Å². The Morgan fingerprint density at radius 3 is 1.38 bits per heavy atom. The maximum absolute atomic E-state index is 13.7. The zero-order chi connectivity index (χ0) is 33.4. The van der Waals surface area contributed by atoms with Gasteiger partial charge in [-0.05, 0) is 24.0 Å². The third-order valence-corrected chi connectivity index (χ3v) is 9.17. The number of rotatable bonds is 16. The van der Waals surface area contributed by atoms with Crippen LogP contribution in [0.1, 0.15) is 25.8 Å². The van der Waals surface area contributed by atoms with E-state index in [1.165, 1.54) is 38.9 Å². The number of thiazole rings is 3. The first-order chi connectivity index (χ1) is 23.5. The van der Waals surface area contributed by atoms with Gasteiger partial charge in [0.2, 0.25) is 0 Å². The fourth-order valence-corrected chi connectivity index (χ4v) is 6.25. The minimum atomic E-state index is -0.632. The van der Waals surface area contributed by atoms with Gasteiger partial charge in [0.25, 0.3) is 0 Å². The molecule has 48 heavy (non-hydrogen) atoms. The second kappa shape index (κ2) is 18.5. The number of aromatic nitrogens is 3. The zero-order valence-corrected chi connectivity index (χ0v) is 28.3. The maximum Gasteiger partial charge on any atom is 0.410 e. The Morgan fingerprint density at radius 2 is 1.00 bits per heavy atom. The molecule has 0 aliphatic carbocycles. The zero-order valence-electron chi connectivity index (χ0n) is 25.8. The van der Waals surface area contributed by atoms with Crippen molar-refractivity contribution in [2.24, 2.45) is 0 Å². The molecule has 0 fully saturated rings. The molecule has 12 nitrogen and oxygen atoms in total. The van der Waals surface area contributed by atoms with Crippen molar-refractivity contribution in [3.05, 3.63) is 122 Å². The average molecular weight is 707 g/mol. The van der Waals surface area contributed by atoms with Crippen LogP contribution in [0, 0.1) is 0 Å². The number of nitrogens with zero attached hydrogens (tertiary/aromatic N) is 4. The molecule has 3 aromatic heterocycles. The van der Waals surface area contributed by atoms with Crippen LogP contribution in [-0.4, -0.2) is 63.3 Å². The van der Waals surface area contributed by atoms with E-state index in [4.69, 9.17) is 14.2 Å². The molecule has 5 rings (SSSR count). The Kier molecular flexibility index (Phi) is 13.3. The van der Waals surface area contributed by atoms with Gasteiger partial charge in [0.15, 0.2) is 0 Å². The molecule has 0 saturated heterocycles. The number of alkyl carbamates (subject to hydrolysis) is 2. The van der Waals surface area contributed by atoms with Crippen LogP contribution in [0.15, 0.2) is 95.8 Å². The number of ether oxygens (including phenoxy) is 3. The van der Waals surface area contributed by atoms with E-state index in [0.29, 0.717) is 12.8 Å². The number of hydrogen-bond donors (Lipinski definition) is 2. The van der Waals surface area contributed by atoms with E-state index in [0.717, 1.165) is 25.8 Å². The van der Waals surface area contributed by atoms with Crippen molar-refractivity contribution in [2.45, 2.75) is 44.7 Å². The second-order valence-corrected chi connectivity index (χ2v) is 13.5. The van der Waals surface area contributed by atoms with Gasteiger partial charge in [0, 0.05) is 31.7 Å². The lowest BCUT2D eigenvalue weighted by molar-refractivity contribution is 0.0851. The molecule has 0 saturated carbocycles. The van der Waals surface area contributed by atoms with Gasteiger partial charge in [-0.15, -0.1) is 34.0 Å². The molecule has 0 spiro atoms. The third kappa shape index (κ3) is 11.7. The molecule has 5 aromatic rings. The Morgan fingerprint density at radius 1 is 0.604 bits per heavy atom. The predicted molar refractivity (Wildman–Crippen MR) is 183 cm³/mol. The largest absolute Gasteiger partial charge is 0.444 e. The first-order valence-electron chi connectivity index (χ1n) is 15.0. The third-order valence-electron chi connectivity index (χ3n) is 6.91. The maximum atomic E-state index is 13.7. The number of hydrogen-bond acceptors (Lipinski definition) is 12. The van der Waals surface area contributed by atoms with Gasteiger partial charge in [0.05, 0.1) is 43.2 Å². The van der Waals surface area contributed by atoms with Crippen LogP contribution in [0.3, 0.4) is 0 Å². The summed E-state index contributed by atoms with van der Waals surface area (Å²) in [5.41, 5.74) is 6.90. The monoisotopic (exact) mass is 706 g/mol. The van der Waals surface area contributed by atoms with Gasteiger partial charge in [-0.2, -0.15) is 0 Å². The molecule has 2 aromatic carbocycles. The smallest absolute Gasteiger partial charge is 0.410 e. The van der Waals surface area contributed by atoms with E-state index < -0.39 is 30.4 Å². The van der Waals surface area contributed by atoms with Crippen LogP contribution in [-0.2, 0) is 46.9 Å². The lowest BCUT2D eigenvalue weighted by Crippen LogP contribution is -2.52. The summed E-state index contributed by atoms with van der Waals surface area (Å²) in [7, 11) is 0. The van der Waals surface area contributed by atoms with Crippen LogP contribution >= 0.6 is 34.0 Å². The van der Waals surface area contributed by atoms with Gasteiger partial charge in [0.1, 0.15) is 19.8 Å². The van der Waals surface area contributed by atoms with Crippen LogP contribution in [0.4, 0.5) is 14.4 Å². The highest BCUT2D eigenvalue weighted by atomic mass is 32.1. The van der Waals surface area contributed by atoms with Crippen molar-refractivity contribution in [1.29, 1.82) is 0 Å². The summed E-state index contributed by atoms with van der Waals surface area (Å²) >= 11 is 4.14. The molecule has 0 radical (unpaired) electrons. The predicted octanol–water partition coefficient (Wildman–Crippen LogP) is 6.07. The quantitative estimate of drug-likeness (QED) is 0.117. The summed E-state index contributed by atoms with van der Waals surface area (Å²) in [6, 6.07) is 18.1. The van der Waals surface area contributed by atoms with Crippen LogP contribution in [0.2, 0.25) is 0 Å². The van der Waals surface area contributed by atoms with Crippen LogP contribution in [0.25, 0.3) is 0 Å².